The van der Waals surface area contributed by atoms with Crippen LogP contribution < -0.4 is 0 Å². The van der Waals surface area contributed by atoms with Crippen LogP contribution in [0.25, 0.3) is 0 Å². The Morgan fingerprint density at radius 1 is 1.00 bits per heavy atom. The zero-order chi connectivity index (χ0) is 13.9. The summed E-state index contributed by atoms with van der Waals surface area (Å²) < 4.78 is 7.03. The van der Waals surface area contributed by atoms with Gasteiger partial charge in [-0.3, -0.25) is 4.84 Å². The zero-order valence-corrected chi connectivity index (χ0v) is 12.8. The Labute approximate surface area is 127 Å². The second-order valence-corrected chi connectivity index (χ2v) is 5.70. The van der Waals surface area contributed by atoms with Crippen LogP contribution in [0, 0.1) is 0 Å². The van der Waals surface area contributed by atoms with Crippen molar-refractivity contribution in [1.82, 2.24) is 5.06 Å². The van der Waals surface area contributed by atoms with Gasteiger partial charge in [-0.15, -0.1) is 0 Å². The number of nitrogens with zero attached hydrogens (tertiary/aromatic N) is 1. The number of ether oxygens (including phenoxy) is 1. The van der Waals surface area contributed by atoms with E-state index in [1.54, 1.807) is 5.06 Å². The predicted molar refractivity (Wildman–Crippen MR) is 80.9 cm³/mol. The molecular weight excluding hydrogens is 318 g/mol. The Bertz CT molecular complexity index is 558. The van der Waals surface area contributed by atoms with E-state index in [-0.39, 0.29) is 12.3 Å². The van der Waals surface area contributed by atoms with Gasteiger partial charge in [0.05, 0.1) is 6.61 Å². The fourth-order valence-electron chi connectivity index (χ4n) is 2.33. The molecule has 2 atom stereocenters. The molecule has 0 amide bonds. The van der Waals surface area contributed by atoms with Gasteiger partial charge in [-0.25, -0.2) is 0 Å². The van der Waals surface area contributed by atoms with Gasteiger partial charge in [0.1, 0.15) is 6.10 Å². The molecule has 2 aromatic rings. The van der Waals surface area contributed by atoms with Crippen molar-refractivity contribution in [3.05, 3.63) is 70.2 Å². The van der Waals surface area contributed by atoms with Crippen LogP contribution in [0.2, 0.25) is 0 Å². The summed E-state index contributed by atoms with van der Waals surface area (Å²) in [5, 5.41) is 1.78. The minimum absolute atomic E-state index is 0.0482. The molecule has 0 saturated carbocycles. The van der Waals surface area contributed by atoms with Crippen molar-refractivity contribution in [3.8, 4) is 0 Å². The third-order valence-corrected chi connectivity index (χ3v) is 3.88. The third kappa shape index (κ3) is 2.94. The number of benzene rings is 2. The van der Waals surface area contributed by atoms with E-state index in [2.05, 4.69) is 28.1 Å². The van der Waals surface area contributed by atoms with Gasteiger partial charge in [-0.1, -0.05) is 58.4 Å². The van der Waals surface area contributed by atoms with Crippen molar-refractivity contribution >= 4 is 15.9 Å². The van der Waals surface area contributed by atoms with Crippen LogP contribution in [0.1, 0.15) is 23.5 Å². The fourth-order valence-corrected chi connectivity index (χ4v) is 2.59. The SMILES string of the molecule is CN1O[C@H](c2ccccc2)CO[C@H]1c1ccc(Br)cc1. The Balaban J connectivity index is 1.72. The second-order valence-electron chi connectivity index (χ2n) is 4.79. The lowest BCUT2D eigenvalue weighted by Crippen LogP contribution is -2.36. The molecule has 0 N–H and O–H groups in total. The third-order valence-electron chi connectivity index (χ3n) is 3.36. The van der Waals surface area contributed by atoms with Gasteiger partial charge in [0.25, 0.3) is 0 Å². The topological polar surface area (TPSA) is 21.7 Å². The molecule has 0 bridgehead atoms. The summed E-state index contributed by atoms with van der Waals surface area (Å²) in [4.78, 5) is 5.97. The molecule has 104 valence electrons. The number of hydroxylamine groups is 2. The van der Waals surface area contributed by atoms with E-state index in [1.165, 1.54) is 0 Å². The van der Waals surface area contributed by atoms with Crippen molar-refractivity contribution in [2.45, 2.75) is 12.3 Å². The van der Waals surface area contributed by atoms with Crippen molar-refractivity contribution < 1.29 is 9.57 Å². The van der Waals surface area contributed by atoms with Gasteiger partial charge in [0, 0.05) is 11.5 Å². The van der Waals surface area contributed by atoms with Crippen molar-refractivity contribution in [2.75, 3.05) is 13.7 Å². The molecular formula is C16H16BrNO2. The van der Waals surface area contributed by atoms with Gasteiger partial charge in [0.15, 0.2) is 6.23 Å². The van der Waals surface area contributed by atoms with E-state index in [1.807, 2.05) is 49.5 Å². The summed E-state index contributed by atoms with van der Waals surface area (Å²) in [6.45, 7) is 0.551. The van der Waals surface area contributed by atoms with Crippen LogP contribution in [-0.4, -0.2) is 18.7 Å². The predicted octanol–water partition coefficient (Wildman–Crippen LogP) is 4.08. The van der Waals surface area contributed by atoms with Gasteiger partial charge < -0.3 is 4.74 Å². The number of hydrogen-bond acceptors (Lipinski definition) is 3. The molecule has 1 aliphatic rings. The molecule has 1 fully saturated rings. The number of halogens is 1. The van der Waals surface area contributed by atoms with E-state index < -0.39 is 0 Å². The highest BCUT2D eigenvalue weighted by Gasteiger charge is 2.29. The van der Waals surface area contributed by atoms with Crippen molar-refractivity contribution in [1.29, 1.82) is 0 Å². The molecule has 0 aliphatic carbocycles. The lowest BCUT2D eigenvalue weighted by molar-refractivity contribution is -0.326. The Kier molecular flexibility index (Phi) is 4.17. The quantitative estimate of drug-likeness (QED) is 0.826. The average Bonchev–Trinajstić information content (AvgIpc) is 2.49. The van der Waals surface area contributed by atoms with E-state index in [0.29, 0.717) is 6.61 Å². The average molecular weight is 334 g/mol. The number of rotatable bonds is 2. The molecule has 2 aromatic carbocycles. The molecule has 1 heterocycles. The summed E-state index contributed by atoms with van der Waals surface area (Å²) in [7, 11) is 1.90. The summed E-state index contributed by atoms with van der Waals surface area (Å²) in [6, 6.07) is 18.2. The van der Waals surface area contributed by atoms with Crippen molar-refractivity contribution in [3.63, 3.8) is 0 Å². The normalized spacial score (nSPS) is 23.7. The van der Waals surface area contributed by atoms with Crippen LogP contribution in [0.3, 0.4) is 0 Å². The molecule has 0 radical (unpaired) electrons. The molecule has 1 aliphatic heterocycles. The van der Waals surface area contributed by atoms with Gasteiger partial charge in [-0.05, 0) is 23.3 Å². The van der Waals surface area contributed by atoms with E-state index in [0.717, 1.165) is 15.6 Å². The van der Waals surface area contributed by atoms with Crippen LogP contribution in [-0.2, 0) is 9.57 Å². The standard InChI is InChI=1S/C16H16BrNO2/c1-18-16(13-7-9-14(17)10-8-13)19-11-15(20-18)12-5-3-2-4-6-12/h2-10,15-16H,11H2,1H3/t15-,16-/m0/s1. The fraction of sp³-hybridized carbons (Fsp3) is 0.250. The lowest BCUT2D eigenvalue weighted by atomic mass is 10.1. The zero-order valence-electron chi connectivity index (χ0n) is 11.2. The first-order valence-corrected chi connectivity index (χ1v) is 7.35. The minimum atomic E-state index is -0.164. The first-order chi connectivity index (χ1) is 9.74. The molecule has 20 heavy (non-hydrogen) atoms. The van der Waals surface area contributed by atoms with E-state index >= 15 is 0 Å². The maximum Gasteiger partial charge on any atom is 0.158 e. The highest BCUT2D eigenvalue weighted by Crippen LogP contribution is 2.32. The van der Waals surface area contributed by atoms with Crippen LogP contribution >= 0.6 is 15.9 Å². The van der Waals surface area contributed by atoms with E-state index in [4.69, 9.17) is 9.57 Å². The molecule has 3 rings (SSSR count). The van der Waals surface area contributed by atoms with Crippen molar-refractivity contribution in [2.24, 2.45) is 0 Å². The van der Waals surface area contributed by atoms with Crippen LogP contribution in [0.4, 0.5) is 0 Å². The van der Waals surface area contributed by atoms with Crippen LogP contribution in [0.5, 0.6) is 0 Å². The summed E-state index contributed by atoms with van der Waals surface area (Å²) in [5.74, 6) is 0. The Morgan fingerprint density at radius 2 is 1.70 bits per heavy atom. The molecule has 0 aromatic heterocycles. The minimum Gasteiger partial charge on any atom is -0.354 e. The molecule has 1 saturated heterocycles. The summed E-state index contributed by atoms with van der Waals surface area (Å²) in [5.41, 5.74) is 2.22. The van der Waals surface area contributed by atoms with Gasteiger partial charge in [-0.2, -0.15) is 5.06 Å². The monoisotopic (exact) mass is 333 g/mol. The Morgan fingerprint density at radius 3 is 2.35 bits per heavy atom. The largest absolute Gasteiger partial charge is 0.354 e. The molecule has 0 unspecified atom stereocenters. The van der Waals surface area contributed by atoms with Crippen LogP contribution in [0.15, 0.2) is 59.1 Å². The maximum atomic E-state index is 5.97. The maximum absolute atomic E-state index is 5.97. The highest BCUT2D eigenvalue weighted by molar-refractivity contribution is 9.10. The summed E-state index contributed by atoms with van der Waals surface area (Å²) in [6.07, 6.45) is -0.212. The number of hydrogen-bond donors (Lipinski definition) is 0. The van der Waals surface area contributed by atoms with Gasteiger partial charge in [0.2, 0.25) is 0 Å². The highest BCUT2D eigenvalue weighted by atomic mass is 79.9. The molecule has 4 heteroatoms. The smallest absolute Gasteiger partial charge is 0.158 e. The second kappa shape index (κ2) is 6.06. The molecule has 0 spiro atoms. The first kappa shape index (κ1) is 13.8. The Hall–Kier alpha value is -1.20. The molecule has 3 nitrogen and oxygen atoms in total. The van der Waals surface area contributed by atoms with Gasteiger partial charge >= 0.3 is 0 Å². The first-order valence-electron chi connectivity index (χ1n) is 6.55. The van der Waals surface area contributed by atoms with E-state index in [9.17, 15) is 0 Å². The summed E-state index contributed by atoms with van der Waals surface area (Å²) >= 11 is 3.44. The lowest BCUT2D eigenvalue weighted by Gasteiger charge is -2.37.